The number of carbonyl (C=O) groups excluding carboxylic acids is 2. The number of benzene rings is 1. The van der Waals surface area contributed by atoms with Crippen LogP contribution < -0.4 is 10.6 Å². The molecular formula is C17H23N5O2S. The molecule has 1 aromatic carbocycles. The van der Waals surface area contributed by atoms with Gasteiger partial charge in [-0.3, -0.25) is 9.69 Å². The number of nitrogens with one attached hydrogen (secondary N) is 2. The summed E-state index contributed by atoms with van der Waals surface area (Å²) in [5.41, 5.74) is 0.968. The minimum Gasteiger partial charge on any atom is -0.355 e. The first-order chi connectivity index (χ1) is 12.2. The molecule has 1 saturated heterocycles. The molecule has 0 atom stereocenters. The average Bonchev–Trinajstić information content (AvgIpc) is 3.03. The van der Waals surface area contributed by atoms with Crippen LogP contribution >= 0.6 is 11.3 Å². The van der Waals surface area contributed by atoms with Crippen LogP contribution in [0, 0.1) is 0 Å². The summed E-state index contributed by atoms with van der Waals surface area (Å²) in [6.07, 6.45) is 0. The van der Waals surface area contributed by atoms with E-state index in [-0.39, 0.29) is 11.9 Å². The normalized spacial score (nSPS) is 15.3. The number of piperazine rings is 1. The van der Waals surface area contributed by atoms with Gasteiger partial charge in [0.05, 0.1) is 23.3 Å². The summed E-state index contributed by atoms with van der Waals surface area (Å²) in [6, 6.07) is 7.89. The van der Waals surface area contributed by atoms with E-state index >= 15 is 0 Å². The van der Waals surface area contributed by atoms with Gasteiger partial charge in [0.2, 0.25) is 5.91 Å². The number of fused-ring (bicyclic) bond motifs is 1. The fourth-order valence-corrected chi connectivity index (χ4v) is 3.73. The Morgan fingerprint density at radius 3 is 2.64 bits per heavy atom. The summed E-state index contributed by atoms with van der Waals surface area (Å²) < 4.78 is 1.13. The Bertz CT molecular complexity index is 706. The monoisotopic (exact) mass is 361 g/mol. The van der Waals surface area contributed by atoms with Gasteiger partial charge in [0.15, 0.2) is 0 Å². The number of rotatable bonds is 5. The quantitative estimate of drug-likeness (QED) is 0.841. The molecule has 134 valence electrons. The van der Waals surface area contributed by atoms with Crippen LogP contribution in [-0.2, 0) is 11.3 Å². The van der Waals surface area contributed by atoms with Gasteiger partial charge in [0.1, 0.15) is 5.01 Å². The molecule has 0 radical (unpaired) electrons. The second kappa shape index (κ2) is 8.26. The SMILES string of the molecule is CCNC(=O)CN1CCN(C(=O)NCc2nc3ccccc3s2)CC1. The highest BCUT2D eigenvalue weighted by Crippen LogP contribution is 2.21. The molecule has 8 heteroatoms. The third kappa shape index (κ3) is 4.67. The highest BCUT2D eigenvalue weighted by Gasteiger charge is 2.22. The van der Waals surface area contributed by atoms with Crippen LogP contribution in [0.25, 0.3) is 10.2 Å². The summed E-state index contributed by atoms with van der Waals surface area (Å²) in [4.78, 5) is 32.3. The van der Waals surface area contributed by atoms with E-state index in [0.717, 1.165) is 15.2 Å². The van der Waals surface area contributed by atoms with Crippen molar-refractivity contribution in [3.8, 4) is 0 Å². The van der Waals surface area contributed by atoms with Crippen molar-refractivity contribution in [2.24, 2.45) is 0 Å². The van der Waals surface area contributed by atoms with Gasteiger partial charge >= 0.3 is 6.03 Å². The lowest BCUT2D eigenvalue weighted by Gasteiger charge is -2.34. The van der Waals surface area contributed by atoms with Gasteiger partial charge in [-0.05, 0) is 19.1 Å². The van der Waals surface area contributed by atoms with Crippen molar-refractivity contribution in [2.75, 3.05) is 39.3 Å². The predicted octanol–water partition coefficient (Wildman–Crippen LogP) is 1.26. The highest BCUT2D eigenvalue weighted by atomic mass is 32.1. The Hall–Kier alpha value is -2.19. The summed E-state index contributed by atoms with van der Waals surface area (Å²) in [5.74, 6) is 0.0382. The maximum atomic E-state index is 12.3. The van der Waals surface area contributed by atoms with E-state index in [0.29, 0.717) is 45.8 Å². The number of nitrogens with zero attached hydrogens (tertiary/aromatic N) is 3. The highest BCUT2D eigenvalue weighted by molar-refractivity contribution is 7.18. The Kier molecular flexibility index (Phi) is 5.83. The number of aromatic nitrogens is 1. The standard InChI is InChI=1S/C17H23N5O2S/c1-2-18-15(23)12-21-7-9-22(10-8-21)17(24)19-11-16-20-13-5-3-4-6-14(13)25-16/h3-6H,2,7-12H2,1H3,(H,18,23)(H,19,24). The third-order valence-electron chi connectivity index (χ3n) is 4.13. The van der Waals surface area contributed by atoms with Crippen molar-refractivity contribution < 1.29 is 9.59 Å². The molecular weight excluding hydrogens is 338 g/mol. The number of hydrogen-bond donors (Lipinski definition) is 2. The minimum absolute atomic E-state index is 0.0382. The molecule has 1 aliphatic heterocycles. The fourth-order valence-electron chi connectivity index (χ4n) is 2.82. The average molecular weight is 361 g/mol. The van der Waals surface area contributed by atoms with Gasteiger partial charge in [-0.2, -0.15) is 0 Å². The molecule has 1 aromatic heterocycles. The predicted molar refractivity (Wildman–Crippen MR) is 98.6 cm³/mol. The van der Waals surface area contributed by atoms with Crippen molar-refractivity contribution >= 4 is 33.5 Å². The third-order valence-corrected chi connectivity index (χ3v) is 5.17. The molecule has 2 aromatic rings. The zero-order valence-corrected chi connectivity index (χ0v) is 15.1. The maximum Gasteiger partial charge on any atom is 0.317 e. The summed E-state index contributed by atoms with van der Waals surface area (Å²) in [7, 11) is 0. The number of likely N-dealkylation sites (N-methyl/N-ethyl adjacent to an activating group) is 1. The van der Waals surface area contributed by atoms with Crippen LogP contribution in [0.3, 0.4) is 0 Å². The lowest BCUT2D eigenvalue weighted by atomic mass is 10.3. The number of urea groups is 1. The molecule has 0 unspecified atom stereocenters. The van der Waals surface area contributed by atoms with Gasteiger partial charge in [-0.25, -0.2) is 9.78 Å². The van der Waals surface area contributed by atoms with Gasteiger partial charge in [-0.1, -0.05) is 12.1 Å². The molecule has 0 aliphatic carbocycles. The molecule has 0 saturated carbocycles. The first-order valence-electron chi connectivity index (χ1n) is 8.52. The first-order valence-corrected chi connectivity index (χ1v) is 9.33. The van der Waals surface area contributed by atoms with Crippen molar-refractivity contribution in [1.82, 2.24) is 25.4 Å². The van der Waals surface area contributed by atoms with Crippen LogP contribution in [-0.4, -0.2) is 66.0 Å². The lowest BCUT2D eigenvalue weighted by Crippen LogP contribution is -2.53. The molecule has 3 rings (SSSR count). The van der Waals surface area contributed by atoms with Crippen LogP contribution in [0.5, 0.6) is 0 Å². The Morgan fingerprint density at radius 1 is 1.16 bits per heavy atom. The summed E-state index contributed by atoms with van der Waals surface area (Å²) >= 11 is 1.60. The van der Waals surface area contributed by atoms with Crippen molar-refractivity contribution in [3.63, 3.8) is 0 Å². The zero-order valence-electron chi connectivity index (χ0n) is 14.3. The van der Waals surface area contributed by atoms with Crippen LogP contribution in [0.15, 0.2) is 24.3 Å². The van der Waals surface area contributed by atoms with Crippen LogP contribution in [0.2, 0.25) is 0 Å². The molecule has 0 spiro atoms. The second-order valence-corrected chi connectivity index (χ2v) is 7.07. The zero-order chi connectivity index (χ0) is 17.6. The van der Waals surface area contributed by atoms with Gasteiger partial charge in [0, 0.05) is 32.7 Å². The lowest BCUT2D eigenvalue weighted by molar-refractivity contribution is -0.122. The van der Waals surface area contributed by atoms with E-state index in [9.17, 15) is 9.59 Å². The van der Waals surface area contributed by atoms with Crippen LogP contribution in [0.4, 0.5) is 4.79 Å². The largest absolute Gasteiger partial charge is 0.355 e. The minimum atomic E-state index is -0.0723. The molecule has 25 heavy (non-hydrogen) atoms. The molecule has 2 N–H and O–H groups in total. The molecule has 3 amide bonds. The van der Waals surface area contributed by atoms with Gasteiger partial charge in [0.25, 0.3) is 0 Å². The van der Waals surface area contributed by atoms with E-state index in [2.05, 4.69) is 20.5 Å². The number of thiazole rings is 1. The van der Waals surface area contributed by atoms with Crippen LogP contribution in [0.1, 0.15) is 11.9 Å². The Balaban J connectivity index is 1.44. The van der Waals surface area contributed by atoms with Gasteiger partial charge < -0.3 is 15.5 Å². The smallest absolute Gasteiger partial charge is 0.317 e. The summed E-state index contributed by atoms with van der Waals surface area (Å²) in [6.45, 7) is 6.08. The number of para-hydroxylation sites is 1. The van der Waals surface area contributed by atoms with Crippen molar-refractivity contribution in [1.29, 1.82) is 0 Å². The van der Waals surface area contributed by atoms with E-state index < -0.39 is 0 Å². The van der Waals surface area contributed by atoms with E-state index in [4.69, 9.17) is 0 Å². The second-order valence-electron chi connectivity index (χ2n) is 5.95. The Morgan fingerprint density at radius 2 is 1.92 bits per heavy atom. The first kappa shape index (κ1) is 17.6. The number of carbonyl (C=O) groups is 2. The van der Waals surface area contributed by atoms with E-state index in [1.54, 1.807) is 16.2 Å². The summed E-state index contributed by atoms with van der Waals surface area (Å²) in [5, 5.41) is 6.65. The number of hydrogen-bond acceptors (Lipinski definition) is 5. The van der Waals surface area contributed by atoms with Crippen molar-refractivity contribution in [3.05, 3.63) is 29.3 Å². The van der Waals surface area contributed by atoms with E-state index in [1.165, 1.54) is 0 Å². The molecule has 1 aliphatic rings. The molecule has 0 bridgehead atoms. The van der Waals surface area contributed by atoms with Crippen molar-refractivity contribution in [2.45, 2.75) is 13.5 Å². The Labute approximate surface area is 151 Å². The maximum absolute atomic E-state index is 12.3. The molecule has 2 heterocycles. The topological polar surface area (TPSA) is 77.6 Å². The van der Waals surface area contributed by atoms with E-state index in [1.807, 2.05) is 31.2 Å². The van der Waals surface area contributed by atoms with Gasteiger partial charge in [-0.15, -0.1) is 11.3 Å². The molecule has 1 fully saturated rings. The molecule has 7 nitrogen and oxygen atoms in total. The number of amides is 3. The fraction of sp³-hybridized carbons (Fsp3) is 0.471.